The van der Waals surface area contributed by atoms with Crippen LogP contribution in [-0.4, -0.2) is 114 Å². The van der Waals surface area contributed by atoms with Gasteiger partial charge in [0.05, 0.1) is 12.1 Å². The molecule has 2 fully saturated rings. The average molecular weight is 644 g/mol. The summed E-state index contributed by atoms with van der Waals surface area (Å²) < 4.78 is 0. The molecule has 0 aromatic carbocycles. The molecule has 13 heteroatoms. The molecule has 0 aromatic heterocycles. The smallest absolute Gasteiger partial charge is 0.319 e. The van der Waals surface area contributed by atoms with Crippen molar-refractivity contribution in [3.05, 3.63) is 24.8 Å². The summed E-state index contributed by atoms with van der Waals surface area (Å²) >= 11 is 0. The number of carbonyl (C=O) groups excluding carboxylic acids is 6. The molecule has 0 aromatic rings. The number of ketones is 1. The largest absolute Gasteiger partial charge is 0.346 e. The van der Waals surface area contributed by atoms with Crippen LogP contribution in [0.3, 0.4) is 0 Å². The van der Waals surface area contributed by atoms with Crippen LogP contribution in [0.1, 0.15) is 67.2 Å². The number of hydrogen-bond donors (Lipinski definition) is 4. The highest BCUT2D eigenvalue weighted by molar-refractivity contribution is 6.38. The fourth-order valence-electron chi connectivity index (χ4n) is 5.57. The minimum Gasteiger partial charge on any atom is -0.346 e. The van der Waals surface area contributed by atoms with Crippen LogP contribution in [0.5, 0.6) is 0 Å². The van der Waals surface area contributed by atoms with Gasteiger partial charge in [0.25, 0.3) is 5.91 Å². The Labute approximate surface area is 272 Å². The Morgan fingerprint density at radius 2 is 1.67 bits per heavy atom. The summed E-state index contributed by atoms with van der Waals surface area (Å²) in [4.78, 5) is 83.8. The molecule has 0 radical (unpaired) electrons. The van der Waals surface area contributed by atoms with Crippen LogP contribution in [0.25, 0.3) is 0 Å². The Morgan fingerprint density at radius 3 is 2.26 bits per heavy atom. The average Bonchev–Trinajstić information content (AvgIpc) is 3.65. The third-order valence-electron chi connectivity index (χ3n) is 8.70. The van der Waals surface area contributed by atoms with Crippen LogP contribution < -0.4 is 21.3 Å². The number of carbonyl (C=O) groups is 6. The fraction of sp³-hybridized carbons (Fsp3) is 0.697. The molecule has 46 heavy (non-hydrogen) atoms. The van der Waals surface area contributed by atoms with Crippen molar-refractivity contribution in [3.63, 3.8) is 0 Å². The van der Waals surface area contributed by atoms with Gasteiger partial charge in [-0.1, -0.05) is 72.6 Å². The first kappa shape index (κ1) is 36.6. The van der Waals surface area contributed by atoms with Crippen LogP contribution in [0.15, 0.2) is 24.8 Å². The maximum absolute atomic E-state index is 14.0. The summed E-state index contributed by atoms with van der Waals surface area (Å²) in [5.74, 6) is -2.31. The second-order valence-electron chi connectivity index (χ2n) is 14.8. The molecule has 3 aliphatic rings. The van der Waals surface area contributed by atoms with Gasteiger partial charge in [0, 0.05) is 39.8 Å². The SMILES string of the molecule is C=CCNC(=O)C(=O)C(CC1CC1)NC(=O)[C@@H]1C=CCN1C(=O)[C@@H](NC(=O)N[C@H](CN1CCCN(C)C1=O)C(C)(C)C)C(C)(C)C. The van der Waals surface area contributed by atoms with Crippen molar-refractivity contribution in [1.82, 2.24) is 36.0 Å². The van der Waals surface area contributed by atoms with E-state index in [-0.39, 0.29) is 25.0 Å². The highest BCUT2D eigenvalue weighted by Gasteiger charge is 2.42. The topological polar surface area (TPSA) is 160 Å². The first-order chi connectivity index (χ1) is 21.4. The Bertz CT molecular complexity index is 1220. The molecule has 1 saturated carbocycles. The minimum absolute atomic E-state index is 0.0882. The third-order valence-corrected chi connectivity index (χ3v) is 8.70. The molecule has 2 aliphatic heterocycles. The van der Waals surface area contributed by atoms with Crippen LogP contribution in [0.4, 0.5) is 9.59 Å². The molecule has 256 valence electrons. The van der Waals surface area contributed by atoms with Crippen molar-refractivity contribution in [2.75, 3.05) is 39.8 Å². The summed E-state index contributed by atoms with van der Waals surface area (Å²) in [5, 5.41) is 11.0. The van der Waals surface area contributed by atoms with Gasteiger partial charge in [0.2, 0.25) is 17.6 Å². The molecule has 1 unspecified atom stereocenters. The highest BCUT2D eigenvalue weighted by atomic mass is 16.2. The molecule has 1 aliphatic carbocycles. The molecule has 1 saturated heterocycles. The van der Waals surface area contributed by atoms with E-state index in [9.17, 15) is 28.8 Å². The van der Waals surface area contributed by atoms with Crippen LogP contribution in [0, 0.1) is 16.7 Å². The quantitative estimate of drug-likeness (QED) is 0.177. The molecule has 0 spiro atoms. The van der Waals surface area contributed by atoms with Crippen molar-refractivity contribution in [2.45, 2.75) is 91.4 Å². The zero-order valence-electron chi connectivity index (χ0n) is 28.5. The fourth-order valence-corrected chi connectivity index (χ4v) is 5.57. The van der Waals surface area contributed by atoms with E-state index in [1.165, 1.54) is 11.0 Å². The summed E-state index contributed by atoms with van der Waals surface area (Å²) in [6.45, 7) is 16.8. The molecular formula is C33H53N7O6. The predicted molar refractivity (Wildman–Crippen MR) is 174 cm³/mol. The van der Waals surface area contributed by atoms with Gasteiger partial charge in [-0.05, 0) is 29.6 Å². The first-order valence-electron chi connectivity index (χ1n) is 16.2. The first-order valence-corrected chi connectivity index (χ1v) is 16.2. The number of nitrogens with one attached hydrogen (secondary N) is 4. The number of rotatable bonds is 13. The van der Waals surface area contributed by atoms with E-state index >= 15 is 0 Å². The van der Waals surface area contributed by atoms with E-state index in [0.29, 0.717) is 26.1 Å². The molecule has 4 atom stereocenters. The summed E-state index contributed by atoms with van der Waals surface area (Å²) in [7, 11) is 1.76. The van der Waals surface area contributed by atoms with Gasteiger partial charge in [-0.25, -0.2) is 9.59 Å². The molecule has 2 heterocycles. The Hall–Kier alpha value is -3.90. The van der Waals surface area contributed by atoms with Gasteiger partial charge in [-0.15, -0.1) is 6.58 Å². The lowest BCUT2D eigenvalue weighted by molar-refractivity contribution is -0.143. The van der Waals surface area contributed by atoms with Crippen LogP contribution >= 0.6 is 0 Å². The summed E-state index contributed by atoms with van der Waals surface area (Å²) in [6.07, 6.45) is 7.77. The van der Waals surface area contributed by atoms with Gasteiger partial charge >= 0.3 is 12.1 Å². The zero-order valence-corrected chi connectivity index (χ0v) is 28.5. The molecule has 7 amide bonds. The van der Waals surface area contributed by atoms with Crippen LogP contribution in [-0.2, 0) is 19.2 Å². The van der Waals surface area contributed by atoms with Crippen molar-refractivity contribution < 1.29 is 28.8 Å². The Kier molecular flexibility index (Phi) is 12.0. The van der Waals surface area contributed by atoms with E-state index in [4.69, 9.17) is 0 Å². The van der Waals surface area contributed by atoms with E-state index in [1.54, 1.807) is 29.0 Å². The van der Waals surface area contributed by atoms with E-state index in [1.807, 2.05) is 41.5 Å². The van der Waals surface area contributed by atoms with Crippen molar-refractivity contribution in [2.24, 2.45) is 16.7 Å². The minimum atomic E-state index is -1.02. The lowest BCUT2D eigenvalue weighted by Crippen LogP contribution is -2.62. The maximum Gasteiger partial charge on any atom is 0.319 e. The van der Waals surface area contributed by atoms with E-state index in [2.05, 4.69) is 27.8 Å². The van der Waals surface area contributed by atoms with Gasteiger partial charge in [-0.2, -0.15) is 0 Å². The van der Waals surface area contributed by atoms with Crippen molar-refractivity contribution in [3.8, 4) is 0 Å². The zero-order chi connectivity index (χ0) is 34.4. The normalized spacial score (nSPS) is 20.5. The van der Waals surface area contributed by atoms with Crippen molar-refractivity contribution in [1.29, 1.82) is 0 Å². The second kappa shape index (κ2) is 15.1. The number of urea groups is 2. The molecule has 3 rings (SSSR count). The Morgan fingerprint density at radius 1 is 1.00 bits per heavy atom. The summed E-state index contributed by atoms with van der Waals surface area (Å²) in [5.41, 5.74) is -1.12. The second-order valence-corrected chi connectivity index (χ2v) is 14.8. The van der Waals surface area contributed by atoms with Gasteiger partial charge in [-0.3, -0.25) is 19.2 Å². The van der Waals surface area contributed by atoms with Crippen molar-refractivity contribution >= 4 is 35.6 Å². The molecule has 0 bridgehead atoms. The number of hydrogen-bond acceptors (Lipinski definition) is 6. The molecular weight excluding hydrogens is 590 g/mol. The van der Waals surface area contributed by atoms with Gasteiger partial charge in [0.15, 0.2) is 0 Å². The monoisotopic (exact) mass is 643 g/mol. The Balaban J connectivity index is 1.72. The molecule has 13 nitrogen and oxygen atoms in total. The van der Waals surface area contributed by atoms with E-state index < -0.39 is 64.5 Å². The standard InChI is InChI=1S/C33H53N7O6/c1-9-15-34-28(43)25(41)22(19-21-13-14-21)35-27(42)23-12-10-18-40(23)29(44)26(33(5,6)7)37-30(45)36-24(32(2,3)4)20-39-17-11-16-38(8)31(39)46/h9-10,12,21-24,26H,1,11,13-20H2,2-8H3,(H,34,43)(H,35,42)(H2,36,37,45)/t22?,23-,24+,26+/m0/s1. The van der Waals surface area contributed by atoms with E-state index in [0.717, 1.165) is 19.3 Å². The van der Waals surface area contributed by atoms with Gasteiger partial charge < -0.3 is 36.0 Å². The highest BCUT2D eigenvalue weighted by Crippen LogP contribution is 2.34. The molecule has 4 N–H and O–H groups in total. The maximum atomic E-state index is 14.0. The number of Topliss-reactive ketones (excluding diaryl/α,β-unsaturated/α-hetero) is 1. The number of amides is 7. The van der Waals surface area contributed by atoms with Gasteiger partial charge in [0.1, 0.15) is 12.1 Å². The number of nitrogens with zero attached hydrogens (tertiary/aromatic N) is 3. The summed E-state index contributed by atoms with van der Waals surface area (Å²) in [6, 6.07) is -4.08. The van der Waals surface area contributed by atoms with Crippen LogP contribution in [0.2, 0.25) is 0 Å². The lowest BCUT2D eigenvalue weighted by atomic mass is 9.85. The third kappa shape index (κ3) is 9.80. The lowest BCUT2D eigenvalue weighted by Gasteiger charge is -2.40. The predicted octanol–water partition coefficient (Wildman–Crippen LogP) is 1.80.